The first-order valence-corrected chi connectivity index (χ1v) is 6.79. The maximum atomic E-state index is 4.47. The fraction of sp³-hybridized carbons (Fsp3) is 0.846. The van der Waals surface area contributed by atoms with Crippen molar-refractivity contribution in [1.29, 1.82) is 0 Å². The Bertz CT molecular complexity index is 392. The molecule has 0 aliphatic carbocycles. The Morgan fingerprint density at radius 2 is 2.00 bits per heavy atom. The normalized spacial score (nSPS) is 17.6. The van der Waals surface area contributed by atoms with Gasteiger partial charge in [0.1, 0.15) is 22.7 Å². The van der Waals surface area contributed by atoms with Crippen LogP contribution < -0.4 is 10.6 Å². The number of rotatable bonds is 5. The molecule has 2 N–H and O–H groups in total. The number of azo groups is 1. The Labute approximate surface area is 115 Å². The molecule has 0 bridgehead atoms. The summed E-state index contributed by atoms with van der Waals surface area (Å²) in [5.74, 6) is 1.75. The van der Waals surface area contributed by atoms with Crippen LogP contribution in [0, 0.1) is 0 Å². The summed E-state index contributed by atoms with van der Waals surface area (Å²) in [7, 11) is 1.86. The maximum absolute atomic E-state index is 4.47. The molecule has 0 unspecified atom stereocenters. The number of nitrogens with zero attached hydrogens (tertiary/aromatic N) is 4. The molecular formula is C13H26N6. The van der Waals surface area contributed by atoms with Crippen molar-refractivity contribution in [2.24, 2.45) is 20.2 Å². The lowest BCUT2D eigenvalue weighted by atomic mass is 10.0. The van der Waals surface area contributed by atoms with E-state index in [0.717, 1.165) is 31.3 Å². The van der Waals surface area contributed by atoms with Gasteiger partial charge in [0.25, 0.3) is 0 Å². The van der Waals surface area contributed by atoms with Gasteiger partial charge >= 0.3 is 0 Å². The molecule has 1 heterocycles. The lowest BCUT2D eigenvalue weighted by molar-refractivity contribution is 0.550. The first kappa shape index (κ1) is 15.6. The van der Waals surface area contributed by atoms with Crippen molar-refractivity contribution in [3.05, 3.63) is 0 Å². The predicted molar refractivity (Wildman–Crippen MR) is 80.4 cm³/mol. The zero-order chi connectivity index (χ0) is 14.5. The van der Waals surface area contributed by atoms with E-state index in [0.29, 0.717) is 0 Å². The molecule has 0 saturated carbocycles. The topological polar surface area (TPSA) is 73.5 Å². The molecule has 0 radical (unpaired) electrons. The van der Waals surface area contributed by atoms with Crippen molar-refractivity contribution in [2.75, 3.05) is 26.7 Å². The predicted octanol–water partition coefficient (Wildman–Crippen LogP) is 1.64. The van der Waals surface area contributed by atoms with Crippen molar-refractivity contribution in [3.63, 3.8) is 0 Å². The third-order valence-electron chi connectivity index (χ3n) is 2.94. The Hall–Kier alpha value is -1.46. The van der Waals surface area contributed by atoms with Crippen LogP contribution >= 0.6 is 0 Å². The van der Waals surface area contributed by atoms with Crippen LogP contribution in [0.15, 0.2) is 20.2 Å². The van der Waals surface area contributed by atoms with Crippen molar-refractivity contribution < 1.29 is 0 Å². The molecule has 1 aliphatic heterocycles. The SMILES string of the molecule is CC/N=C(\NC)C(C)(C)N=NC(C)(C)C1=NCCN1. The minimum Gasteiger partial charge on any atom is -0.375 e. The van der Waals surface area contributed by atoms with Gasteiger partial charge in [-0.1, -0.05) is 0 Å². The van der Waals surface area contributed by atoms with Crippen molar-refractivity contribution in [3.8, 4) is 0 Å². The van der Waals surface area contributed by atoms with Gasteiger partial charge in [0.2, 0.25) is 0 Å². The zero-order valence-electron chi connectivity index (χ0n) is 12.9. The van der Waals surface area contributed by atoms with E-state index in [1.165, 1.54) is 0 Å². The summed E-state index contributed by atoms with van der Waals surface area (Å²) >= 11 is 0. The third-order valence-corrected chi connectivity index (χ3v) is 2.94. The smallest absolute Gasteiger partial charge is 0.133 e. The molecule has 1 aliphatic rings. The summed E-state index contributed by atoms with van der Waals surface area (Å²) in [6.45, 7) is 12.5. The summed E-state index contributed by atoms with van der Waals surface area (Å²) in [6.07, 6.45) is 0. The van der Waals surface area contributed by atoms with Gasteiger partial charge in [0.15, 0.2) is 0 Å². The van der Waals surface area contributed by atoms with Crippen LogP contribution in [0.4, 0.5) is 0 Å². The molecule has 6 nitrogen and oxygen atoms in total. The molecule has 6 heteroatoms. The van der Waals surface area contributed by atoms with Gasteiger partial charge in [-0.3, -0.25) is 9.98 Å². The highest BCUT2D eigenvalue weighted by atomic mass is 15.2. The average Bonchev–Trinajstić information content (AvgIpc) is 2.88. The van der Waals surface area contributed by atoms with E-state index < -0.39 is 11.1 Å². The summed E-state index contributed by atoms with van der Waals surface area (Å²) in [6, 6.07) is 0. The Morgan fingerprint density at radius 3 is 2.47 bits per heavy atom. The Kier molecular flexibility index (Phi) is 5.03. The Morgan fingerprint density at radius 1 is 1.32 bits per heavy atom. The van der Waals surface area contributed by atoms with E-state index >= 15 is 0 Å². The minimum absolute atomic E-state index is 0.418. The largest absolute Gasteiger partial charge is 0.375 e. The van der Waals surface area contributed by atoms with E-state index in [9.17, 15) is 0 Å². The Balaban J connectivity index is 2.86. The van der Waals surface area contributed by atoms with Crippen LogP contribution in [-0.4, -0.2) is 49.4 Å². The van der Waals surface area contributed by atoms with Crippen LogP contribution in [0.1, 0.15) is 34.6 Å². The van der Waals surface area contributed by atoms with Crippen molar-refractivity contribution in [2.45, 2.75) is 45.7 Å². The first-order chi connectivity index (χ1) is 8.83. The summed E-state index contributed by atoms with van der Waals surface area (Å²) in [5, 5.41) is 15.3. The number of nitrogens with one attached hydrogen (secondary N) is 2. The number of amidine groups is 2. The van der Waals surface area contributed by atoms with Gasteiger partial charge in [-0.25, -0.2) is 0 Å². The van der Waals surface area contributed by atoms with E-state index in [4.69, 9.17) is 0 Å². The standard InChI is InChI=1S/C13H26N6/c1-7-15-10(14-6)12(2,3)18-19-13(4,5)11-16-8-9-17-11/h7-9H2,1-6H3,(H,14,15)(H,16,17). The molecule has 1 rings (SSSR count). The average molecular weight is 266 g/mol. The summed E-state index contributed by atoms with van der Waals surface area (Å²) in [4.78, 5) is 8.83. The fourth-order valence-corrected chi connectivity index (χ4v) is 1.89. The highest BCUT2D eigenvalue weighted by molar-refractivity contribution is 5.92. The van der Waals surface area contributed by atoms with Gasteiger partial charge in [0, 0.05) is 20.1 Å². The van der Waals surface area contributed by atoms with Crippen LogP contribution in [0.2, 0.25) is 0 Å². The molecule has 0 spiro atoms. The molecule has 0 fully saturated rings. The van der Waals surface area contributed by atoms with Gasteiger partial charge in [-0.15, -0.1) is 0 Å². The van der Waals surface area contributed by atoms with Crippen molar-refractivity contribution >= 4 is 11.7 Å². The third kappa shape index (κ3) is 4.01. The molecule has 108 valence electrons. The fourth-order valence-electron chi connectivity index (χ4n) is 1.89. The van der Waals surface area contributed by atoms with E-state index in [1.807, 2.05) is 41.7 Å². The van der Waals surface area contributed by atoms with Crippen molar-refractivity contribution in [1.82, 2.24) is 10.6 Å². The minimum atomic E-state index is -0.457. The monoisotopic (exact) mass is 266 g/mol. The van der Waals surface area contributed by atoms with Gasteiger partial charge in [-0.05, 0) is 34.6 Å². The van der Waals surface area contributed by atoms with E-state index in [-0.39, 0.29) is 0 Å². The highest BCUT2D eigenvalue weighted by Crippen LogP contribution is 2.18. The van der Waals surface area contributed by atoms with E-state index in [2.05, 4.69) is 30.8 Å². The second-order valence-electron chi connectivity index (χ2n) is 5.55. The molecular weight excluding hydrogens is 240 g/mol. The summed E-state index contributed by atoms with van der Waals surface area (Å²) < 4.78 is 0. The molecule has 0 aromatic carbocycles. The number of hydrogen-bond acceptors (Lipinski definition) is 5. The van der Waals surface area contributed by atoms with Crippen LogP contribution in [0.5, 0.6) is 0 Å². The molecule has 0 atom stereocenters. The maximum Gasteiger partial charge on any atom is 0.133 e. The zero-order valence-corrected chi connectivity index (χ0v) is 12.9. The molecule has 0 aromatic heterocycles. The van der Waals surface area contributed by atoms with Gasteiger partial charge in [0.05, 0.1) is 6.54 Å². The lowest BCUT2D eigenvalue weighted by Gasteiger charge is -2.24. The number of likely N-dealkylation sites (N-methyl/N-ethyl adjacent to an activating group) is 1. The lowest BCUT2D eigenvalue weighted by Crippen LogP contribution is -2.41. The van der Waals surface area contributed by atoms with Gasteiger partial charge in [-0.2, -0.15) is 10.2 Å². The first-order valence-electron chi connectivity index (χ1n) is 6.79. The van der Waals surface area contributed by atoms with Crippen LogP contribution in [-0.2, 0) is 0 Å². The molecule has 0 saturated heterocycles. The summed E-state index contributed by atoms with van der Waals surface area (Å²) in [5.41, 5.74) is -0.875. The highest BCUT2D eigenvalue weighted by Gasteiger charge is 2.30. The molecule has 0 aromatic rings. The quantitative estimate of drug-likeness (QED) is 0.451. The van der Waals surface area contributed by atoms with Crippen LogP contribution in [0.25, 0.3) is 0 Å². The van der Waals surface area contributed by atoms with Crippen LogP contribution in [0.3, 0.4) is 0 Å². The number of hydrogen-bond donors (Lipinski definition) is 2. The molecule has 19 heavy (non-hydrogen) atoms. The van der Waals surface area contributed by atoms with E-state index in [1.54, 1.807) is 0 Å². The second kappa shape index (κ2) is 6.12. The number of aliphatic imine (C=N–C) groups is 2. The second-order valence-corrected chi connectivity index (χ2v) is 5.55. The molecule has 0 amide bonds. The van der Waals surface area contributed by atoms with Gasteiger partial charge < -0.3 is 10.6 Å².